The average Bonchev–Trinajstić information content (AvgIpc) is 2.68. The summed E-state index contributed by atoms with van der Waals surface area (Å²) >= 11 is 0.0602. The maximum absolute atomic E-state index is 15.1. The van der Waals surface area contributed by atoms with Gasteiger partial charge in [0.2, 0.25) is 5.82 Å². The third-order valence-corrected chi connectivity index (χ3v) is 5.68. The first kappa shape index (κ1) is 27.1. The number of hydrogen-bond acceptors (Lipinski definition) is 5. The molecule has 1 rings (SSSR count). The van der Waals surface area contributed by atoms with E-state index in [4.69, 9.17) is 9.99 Å². The molecule has 0 aliphatic carbocycles. The predicted molar refractivity (Wildman–Crippen MR) is 113 cm³/mol. The van der Waals surface area contributed by atoms with Crippen LogP contribution in [0.15, 0.2) is 4.90 Å². The van der Waals surface area contributed by atoms with Crippen molar-refractivity contribution >= 4 is 12.0 Å². The molecule has 0 aromatic heterocycles. The van der Waals surface area contributed by atoms with Crippen molar-refractivity contribution < 1.29 is 32.5 Å². The molecule has 1 aromatic rings. The molecule has 1 N–H and O–H groups in total. The van der Waals surface area contributed by atoms with E-state index in [0.717, 1.165) is 44.9 Å². The first-order valence-electron chi connectivity index (χ1n) is 10.7. The molecule has 0 bridgehead atoms. The van der Waals surface area contributed by atoms with Gasteiger partial charge >= 0.3 is 0 Å². The molecule has 1 atom stereocenters. The highest BCUT2D eigenvalue weighted by molar-refractivity contribution is 7.94. The van der Waals surface area contributed by atoms with E-state index in [1.54, 1.807) is 20.8 Å². The van der Waals surface area contributed by atoms with Gasteiger partial charge in [0.25, 0.3) is 0 Å². The molecule has 0 fully saturated rings. The normalized spacial score (nSPS) is 13.0. The van der Waals surface area contributed by atoms with Gasteiger partial charge in [0.05, 0.1) is 18.6 Å². The first-order chi connectivity index (χ1) is 14.2. The third-order valence-electron chi connectivity index (χ3n) is 5.03. The largest absolute Gasteiger partial charge is 0.490 e. The van der Waals surface area contributed by atoms with E-state index in [0.29, 0.717) is 0 Å². The van der Waals surface area contributed by atoms with Crippen molar-refractivity contribution in [1.82, 2.24) is 0 Å². The highest BCUT2D eigenvalue weighted by Crippen LogP contribution is 2.42. The summed E-state index contributed by atoms with van der Waals surface area (Å²) in [5, 5.41) is 11.7. The van der Waals surface area contributed by atoms with E-state index in [2.05, 4.69) is 23.2 Å². The van der Waals surface area contributed by atoms with Crippen LogP contribution < -0.4 is 4.74 Å². The maximum Gasteiger partial charge on any atom is 0.202 e. The highest BCUT2D eigenvalue weighted by atomic mass is 32.2. The summed E-state index contributed by atoms with van der Waals surface area (Å²) in [6, 6.07) is 0. The lowest BCUT2D eigenvalue weighted by Gasteiger charge is -2.26. The Morgan fingerprint density at radius 2 is 1.53 bits per heavy atom. The second-order valence-electron chi connectivity index (χ2n) is 8.62. The molecule has 30 heavy (non-hydrogen) atoms. The smallest absolute Gasteiger partial charge is 0.202 e. The molecule has 0 spiro atoms. The molecule has 0 saturated carbocycles. The number of ether oxygens (including phenoxy) is 1. The summed E-state index contributed by atoms with van der Waals surface area (Å²) in [6.45, 7) is 9.52. The Morgan fingerprint density at radius 1 is 0.900 bits per heavy atom. The van der Waals surface area contributed by atoms with Gasteiger partial charge in [0, 0.05) is 5.56 Å². The molecule has 0 aliphatic heterocycles. The predicted octanol–water partition coefficient (Wildman–Crippen LogP) is 7.99. The maximum atomic E-state index is 15.1. The second kappa shape index (κ2) is 13.5. The lowest BCUT2D eigenvalue weighted by atomic mass is 9.85. The monoisotopic (exact) mass is 452 g/mol. The van der Waals surface area contributed by atoms with Crippen LogP contribution in [0, 0.1) is 23.4 Å². The van der Waals surface area contributed by atoms with Crippen molar-refractivity contribution in [3.05, 3.63) is 23.0 Å². The van der Waals surface area contributed by atoms with Crippen LogP contribution in [-0.2, 0) is 14.8 Å². The van der Waals surface area contributed by atoms with Gasteiger partial charge in [-0.1, -0.05) is 78.2 Å². The van der Waals surface area contributed by atoms with E-state index < -0.39 is 33.5 Å². The Morgan fingerprint density at radius 3 is 2.10 bits per heavy atom. The fourth-order valence-electron chi connectivity index (χ4n) is 3.41. The zero-order chi connectivity index (χ0) is 22.7. The van der Waals surface area contributed by atoms with Gasteiger partial charge in [-0.25, -0.2) is 14.0 Å². The molecule has 1 unspecified atom stereocenters. The van der Waals surface area contributed by atoms with E-state index in [1.165, 1.54) is 6.42 Å². The van der Waals surface area contributed by atoms with Gasteiger partial charge in [0.15, 0.2) is 11.6 Å². The van der Waals surface area contributed by atoms with E-state index >= 15 is 4.39 Å². The third kappa shape index (κ3) is 7.94. The van der Waals surface area contributed by atoms with Crippen molar-refractivity contribution in [2.45, 2.75) is 96.3 Å². The van der Waals surface area contributed by atoms with Crippen LogP contribution in [0.2, 0.25) is 0 Å². The molecule has 1 aromatic carbocycles. The average molecular weight is 453 g/mol. The van der Waals surface area contributed by atoms with Crippen LogP contribution >= 0.6 is 12.0 Å². The summed E-state index contributed by atoms with van der Waals surface area (Å²) in [7, 11) is 0. The Balaban J connectivity index is 3.15. The van der Waals surface area contributed by atoms with Crippen molar-refractivity contribution in [1.29, 1.82) is 0 Å². The molecule has 0 aliphatic rings. The van der Waals surface area contributed by atoms with Crippen LogP contribution in [0.5, 0.6) is 5.75 Å². The van der Waals surface area contributed by atoms with Crippen molar-refractivity contribution in [3.8, 4) is 5.75 Å². The Bertz CT molecular complexity index is 650. The molecular weight excluding hydrogens is 417 g/mol. The minimum Gasteiger partial charge on any atom is -0.490 e. The summed E-state index contributed by atoms with van der Waals surface area (Å²) in [4.78, 5) is -0.735. The second-order valence-corrected chi connectivity index (χ2v) is 9.33. The number of halogens is 3. The zero-order valence-corrected chi connectivity index (χ0v) is 19.5. The summed E-state index contributed by atoms with van der Waals surface area (Å²) in [5.41, 5.74) is -0.936. The van der Waals surface area contributed by atoms with Crippen molar-refractivity contribution in [2.24, 2.45) is 5.92 Å². The lowest BCUT2D eigenvalue weighted by molar-refractivity contribution is -0.432. The zero-order valence-electron chi connectivity index (χ0n) is 18.7. The summed E-state index contributed by atoms with van der Waals surface area (Å²) < 4.78 is 54.3. The molecule has 0 heterocycles. The Labute approximate surface area is 182 Å². The quantitative estimate of drug-likeness (QED) is 0.102. The number of rotatable bonds is 14. The molecule has 4 nitrogen and oxygen atoms in total. The fourth-order valence-corrected chi connectivity index (χ4v) is 3.85. The molecule has 0 amide bonds. The Kier molecular flexibility index (Phi) is 12.1. The number of unbranched alkanes of at least 4 members (excludes halogenated alkanes) is 4. The minimum absolute atomic E-state index is 0.0602. The van der Waals surface area contributed by atoms with Crippen molar-refractivity contribution in [2.75, 3.05) is 6.61 Å². The first-order valence-corrected chi connectivity index (χ1v) is 11.4. The number of benzene rings is 1. The van der Waals surface area contributed by atoms with E-state index in [-0.39, 0.29) is 30.1 Å². The Hall–Kier alpha value is -0.960. The standard InChI is InChI=1S/C22H35F3O4S/c1-6-8-10-11-13-15(12-9-7-2)14-27-20-16(22(3,4)5)17(23)21(30-29-28-26)19(25)18(20)24/h15,26H,6-14H2,1-5H3. The lowest BCUT2D eigenvalue weighted by Crippen LogP contribution is -2.21. The van der Waals surface area contributed by atoms with Gasteiger partial charge in [-0.05, 0) is 24.2 Å². The molecule has 8 heteroatoms. The number of hydrogen-bond donors (Lipinski definition) is 1. The van der Waals surface area contributed by atoms with Gasteiger partial charge in [-0.15, -0.1) is 4.33 Å². The summed E-state index contributed by atoms with van der Waals surface area (Å²) in [5.74, 6) is -3.91. The van der Waals surface area contributed by atoms with Crippen LogP contribution in [0.1, 0.15) is 91.5 Å². The summed E-state index contributed by atoms with van der Waals surface area (Å²) in [6.07, 6.45) is 8.41. The molecule has 174 valence electrons. The topological polar surface area (TPSA) is 47.9 Å². The van der Waals surface area contributed by atoms with Gasteiger partial charge < -0.3 is 4.74 Å². The van der Waals surface area contributed by atoms with Crippen LogP contribution in [-0.4, -0.2) is 11.9 Å². The molecule has 0 radical (unpaired) electrons. The van der Waals surface area contributed by atoms with Gasteiger partial charge in [0.1, 0.15) is 10.7 Å². The minimum atomic E-state index is -1.44. The SMILES string of the molecule is CCCCCCC(CCCC)COc1c(F)c(F)c(SOOO)c(F)c1C(C)(C)C. The van der Waals surface area contributed by atoms with Gasteiger partial charge in [-0.2, -0.15) is 4.39 Å². The molecular formula is C22H35F3O4S. The van der Waals surface area contributed by atoms with Crippen molar-refractivity contribution in [3.63, 3.8) is 0 Å². The van der Waals surface area contributed by atoms with Crippen LogP contribution in [0.25, 0.3) is 0 Å². The van der Waals surface area contributed by atoms with E-state index in [1.807, 2.05) is 0 Å². The van der Waals surface area contributed by atoms with E-state index in [9.17, 15) is 8.78 Å². The molecule has 0 saturated heterocycles. The van der Waals surface area contributed by atoms with Gasteiger partial charge in [-0.3, -0.25) is 0 Å². The fraction of sp³-hybridized carbons (Fsp3) is 0.727. The van der Waals surface area contributed by atoms with Crippen LogP contribution in [0.4, 0.5) is 13.2 Å². The van der Waals surface area contributed by atoms with Crippen LogP contribution in [0.3, 0.4) is 0 Å². The highest BCUT2D eigenvalue weighted by Gasteiger charge is 2.33.